The average molecular weight is 380 g/mol. The van der Waals surface area contributed by atoms with Gasteiger partial charge in [0, 0.05) is 4.47 Å². The Hall–Kier alpha value is -1.76. The van der Waals surface area contributed by atoms with E-state index in [0.717, 1.165) is 41.6 Å². The first-order valence-corrected chi connectivity index (χ1v) is 8.77. The van der Waals surface area contributed by atoms with Crippen molar-refractivity contribution in [1.29, 1.82) is 0 Å². The van der Waals surface area contributed by atoms with Gasteiger partial charge in [-0.15, -0.1) is 0 Å². The molecule has 0 amide bonds. The second-order valence-corrected chi connectivity index (χ2v) is 6.78. The molecule has 1 aliphatic heterocycles. The van der Waals surface area contributed by atoms with E-state index >= 15 is 0 Å². The lowest BCUT2D eigenvalue weighted by molar-refractivity contribution is 0.299. The highest BCUT2D eigenvalue weighted by Crippen LogP contribution is 2.43. The average Bonchev–Trinajstić information content (AvgIpc) is 2.49. The number of nitrogens with two attached hydrogens (primary N) is 2. The number of hydrogen-bond acceptors (Lipinski definition) is 6. The Bertz CT molecular complexity index is 652. The zero-order chi connectivity index (χ0) is 16.4. The molecule has 4 N–H and O–H groups in total. The predicted molar refractivity (Wildman–Crippen MR) is 96.9 cm³/mol. The van der Waals surface area contributed by atoms with E-state index in [1.165, 1.54) is 6.42 Å². The van der Waals surface area contributed by atoms with Crippen molar-refractivity contribution in [2.75, 3.05) is 11.5 Å². The van der Waals surface area contributed by atoms with Gasteiger partial charge in [0.1, 0.15) is 11.4 Å². The topological polar surface area (TPSA) is 89.2 Å². The van der Waals surface area contributed by atoms with Crippen LogP contribution in [0.1, 0.15) is 39.0 Å². The fourth-order valence-corrected chi connectivity index (χ4v) is 3.75. The van der Waals surface area contributed by atoms with Crippen LogP contribution in [0.2, 0.25) is 0 Å². The van der Waals surface area contributed by atoms with Crippen molar-refractivity contribution in [3.8, 4) is 5.75 Å². The minimum Gasteiger partial charge on any atom is -0.492 e. The monoisotopic (exact) mass is 379 g/mol. The van der Waals surface area contributed by atoms with E-state index < -0.39 is 5.66 Å². The van der Waals surface area contributed by atoms with Gasteiger partial charge < -0.3 is 16.2 Å². The van der Waals surface area contributed by atoms with Gasteiger partial charge in [-0.2, -0.15) is 4.99 Å². The van der Waals surface area contributed by atoms with E-state index in [-0.39, 0.29) is 5.96 Å². The summed E-state index contributed by atoms with van der Waals surface area (Å²) in [6.07, 6.45) is 5.22. The smallest absolute Gasteiger partial charge is 0.220 e. The maximum Gasteiger partial charge on any atom is 0.220 e. The van der Waals surface area contributed by atoms with Crippen LogP contribution in [0, 0.1) is 0 Å². The van der Waals surface area contributed by atoms with E-state index in [2.05, 4.69) is 20.9 Å². The Kier molecular flexibility index (Phi) is 4.48. The van der Waals surface area contributed by atoms with Crippen LogP contribution in [0.15, 0.2) is 32.7 Å². The Balaban J connectivity index is 2.10. The largest absolute Gasteiger partial charge is 0.492 e. The minimum absolute atomic E-state index is 0.260. The van der Waals surface area contributed by atoms with Crippen molar-refractivity contribution in [2.24, 2.45) is 21.5 Å². The maximum absolute atomic E-state index is 6.26. The molecule has 124 valence electrons. The first kappa shape index (κ1) is 16.1. The number of ether oxygens (including phenoxy) is 1. The Morgan fingerprint density at radius 2 is 2.00 bits per heavy atom. The zero-order valence-electron chi connectivity index (χ0n) is 13.3. The lowest BCUT2D eigenvalue weighted by Gasteiger charge is -2.45. The number of nitrogens with zero attached hydrogens (tertiary/aromatic N) is 3. The molecule has 1 heterocycles. The molecule has 0 atom stereocenters. The van der Waals surface area contributed by atoms with Crippen molar-refractivity contribution in [3.05, 3.63) is 22.7 Å². The molecule has 1 fully saturated rings. The van der Waals surface area contributed by atoms with Crippen LogP contribution in [0.25, 0.3) is 0 Å². The van der Waals surface area contributed by atoms with Crippen LogP contribution < -0.4 is 21.1 Å². The fraction of sp³-hybridized carbons (Fsp3) is 0.500. The summed E-state index contributed by atoms with van der Waals surface area (Å²) in [5.74, 6) is 1.40. The number of hydrogen-bond donors (Lipinski definition) is 2. The summed E-state index contributed by atoms with van der Waals surface area (Å²) < 4.78 is 6.77. The third-order valence-corrected chi connectivity index (χ3v) is 4.81. The molecule has 0 radical (unpaired) electrons. The van der Waals surface area contributed by atoms with Crippen LogP contribution in [-0.2, 0) is 0 Å². The molecule has 0 bridgehead atoms. The van der Waals surface area contributed by atoms with Crippen molar-refractivity contribution in [1.82, 2.24) is 0 Å². The predicted octanol–water partition coefficient (Wildman–Crippen LogP) is 2.96. The molecule has 6 nitrogen and oxygen atoms in total. The zero-order valence-corrected chi connectivity index (χ0v) is 14.8. The van der Waals surface area contributed by atoms with Crippen molar-refractivity contribution < 1.29 is 4.74 Å². The van der Waals surface area contributed by atoms with Crippen molar-refractivity contribution in [3.63, 3.8) is 0 Å². The molecule has 2 aliphatic rings. The second kappa shape index (κ2) is 6.39. The molecule has 1 spiro atoms. The normalized spacial score (nSPS) is 20.2. The van der Waals surface area contributed by atoms with Crippen molar-refractivity contribution >= 4 is 33.5 Å². The lowest BCUT2D eigenvalue weighted by Crippen LogP contribution is -2.58. The standard InChI is InChI=1S/C16H22BrN5O/c1-2-23-13-10-11(17)6-7-12(13)22-15(19)20-14(18)21-16(22)8-4-3-5-9-16/h6-7,10H,2-5,8-9H2,1H3,(H4,18,19,20,21). The minimum atomic E-state index is -0.451. The van der Waals surface area contributed by atoms with E-state index in [9.17, 15) is 0 Å². The molecule has 0 unspecified atom stereocenters. The van der Waals surface area contributed by atoms with Gasteiger partial charge in [-0.3, -0.25) is 4.90 Å². The van der Waals surface area contributed by atoms with E-state index in [1.807, 2.05) is 30.0 Å². The number of guanidine groups is 2. The first-order valence-electron chi connectivity index (χ1n) is 7.98. The molecule has 7 heteroatoms. The van der Waals surface area contributed by atoms with E-state index in [0.29, 0.717) is 12.6 Å². The van der Waals surface area contributed by atoms with Crippen LogP contribution >= 0.6 is 15.9 Å². The summed E-state index contributed by atoms with van der Waals surface area (Å²) in [6, 6.07) is 5.92. The van der Waals surface area contributed by atoms with Gasteiger partial charge in [0.25, 0.3) is 0 Å². The number of rotatable bonds is 3. The molecule has 23 heavy (non-hydrogen) atoms. The van der Waals surface area contributed by atoms with E-state index in [1.54, 1.807) is 0 Å². The van der Waals surface area contributed by atoms with Crippen molar-refractivity contribution in [2.45, 2.75) is 44.7 Å². The SMILES string of the molecule is CCOc1cc(Br)ccc1N1C(N)=NC(N)=NC12CCCCC2. The van der Waals surface area contributed by atoms with Gasteiger partial charge in [0.15, 0.2) is 0 Å². The molecule has 1 aromatic rings. The summed E-state index contributed by atoms with van der Waals surface area (Å²) >= 11 is 3.49. The highest BCUT2D eigenvalue weighted by Gasteiger charge is 2.43. The Labute approximate surface area is 144 Å². The van der Waals surface area contributed by atoms with Crippen LogP contribution in [0.3, 0.4) is 0 Å². The van der Waals surface area contributed by atoms with Gasteiger partial charge in [-0.05, 0) is 50.8 Å². The fourth-order valence-electron chi connectivity index (χ4n) is 3.41. The van der Waals surface area contributed by atoms with Crippen LogP contribution in [0.4, 0.5) is 5.69 Å². The van der Waals surface area contributed by atoms with Crippen LogP contribution in [-0.4, -0.2) is 24.2 Å². The van der Waals surface area contributed by atoms with E-state index in [4.69, 9.17) is 21.2 Å². The quantitative estimate of drug-likeness (QED) is 0.844. The van der Waals surface area contributed by atoms with Crippen LogP contribution in [0.5, 0.6) is 5.75 Å². The summed E-state index contributed by atoms with van der Waals surface area (Å²) in [7, 11) is 0. The Morgan fingerprint density at radius 1 is 1.26 bits per heavy atom. The summed E-state index contributed by atoms with van der Waals surface area (Å²) in [5.41, 5.74) is 12.6. The molecule has 1 aromatic carbocycles. The molecule has 0 aromatic heterocycles. The molecular weight excluding hydrogens is 358 g/mol. The van der Waals surface area contributed by atoms with Gasteiger partial charge in [0.2, 0.25) is 11.9 Å². The van der Waals surface area contributed by atoms with Gasteiger partial charge in [-0.25, -0.2) is 4.99 Å². The summed E-state index contributed by atoms with van der Waals surface area (Å²) in [5, 5.41) is 0. The summed E-state index contributed by atoms with van der Waals surface area (Å²) in [6.45, 7) is 2.54. The third kappa shape index (κ3) is 3.02. The van der Waals surface area contributed by atoms with Gasteiger partial charge in [0.05, 0.1) is 12.3 Å². The van der Waals surface area contributed by atoms with Gasteiger partial charge in [-0.1, -0.05) is 22.4 Å². The van der Waals surface area contributed by atoms with Gasteiger partial charge >= 0.3 is 0 Å². The maximum atomic E-state index is 6.26. The third-order valence-electron chi connectivity index (χ3n) is 4.31. The lowest BCUT2D eigenvalue weighted by atomic mass is 9.87. The molecule has 0 saturated heterocycles. The number of anilines is 1. The Morgan fingerprint density at radius 3 is 2.70 bits per heavy atom. The molecular formula is C16H22BrN5O. The number of benzene rings is 1. The summed E-state index contributed by atoms with van der Waals surface area (Å²) in [4.78, 5) is 10.9. The highest BCUT2D eigenvalue weighted by atomic mass is 79.9. The number of halogens is 1. The molecule has 3 rings (SSSR count). The first-order chi connectivity index (χ1) is 11.1. The molecule has 1 aliphatic carbocycles. The highest BCUT2D eigenvalue weighted by molar-refractivity contribution is 9.10. The molecule has 1 saturated carbocycles. The second-order valence-electron chi connectivity index (χ2n) is 5.86. The number of aliphatic imine (C=N–C) groups is 2.